The Morgan fingerprint density at radius 1 is 1.06 bits per heavy atom. The van der Waals surface area contributed by atoms with Crippen molar-refractivity contribution in [2.24, 2.45) is 0 Å². The van der Waals surface area contributed by atoms with Crippen molar-refractivity contribution in [1.82, 2.24) is 36.3 Å². The maximum absolute atomic E-state index is 9.76. The molecule has 0 amide bonds. The van der Waals surface area contributed by atoms with Gasteiger partial charge >= 0.3 is 0 Å². The molecule has 0 radical (unpaired) electrons. The summed E-state index contributed by atoms with van der Waals surface area (Å²) in [6.07, 6.45) is 2.94. The fourth-order valence-electron chi connectivity index (χ4n) is 3.52. The molecule has 0 atom stereocenters. The molecule has 5 N–H and O–H groups in total. The van der Waals surface area contributed by atoms with Crippen LogP contribution in [0.2, 0.25) is 5.15 Å². The fourth-order valence-corrected chi connectivity index (χ4v) is 3.78. The van der Waals surface area contributed by atoms with Crippen LogP contribution in [0.5, 0.6) is 0 Å². The number of aliphatic hydroxyl groups excluding tert-OH is 1. The lowest BCUT2D eigenvalue weighted by molar-refractivity contribution is 0.271. The first-order valence-corrected chi connectivity index (χ1v) is 10.3. The van der Waals surface area contributed by atoms with Crippen molar-refractivity contribution in [1.29, 1.82) is 0 Å². The lowest BCUT2D eigenvalue weighted by Crippen LogP contribution is -2.09. The minimum absolute atomic E-state index is 0. The Bertz CT molecular complexity index is 1110. The van der Waals surface area contributed by atoms with Crippen molar-refractivity contribution in [2.75, 3.05) is 0 Å². The van der Waals surface area contributed by atoms with E-state index in [9.17, 15) is 5.11 Å². The zero-order chi connectivity index (χ0) is 20.9. The van der Waals surface area contributed by atoms with Crippen molar-refractivity contribution in [3.05, 3.63) is 70.8 Å². The number of nitrogens with zero attached hydrogens (tertiary/aromatic N) is 6. The molecule has 2 aromatic carbocycles. The second-order valence-corrected chi connectivity index (χ2v) is 7.42. The fraction of sp³-hybridized carbons (Fsp3) is 0.273. The van der Waals surface area contributed by atoms with Crippen LogP contribution in [0, 0.1) is 0 Å². The van der Waals surface area contributed by atoms with Gasteiger partial charge in [-0.3, -0.25) is 10.3 Å². The normalized spacial score (nSPS) is 10.8. The molecule has 0 saturated heterocycles. The number of hydrogen-bond donors (Lipinski definition) is 2. The zero-order valence-electron chi connectivity index (χ0n) is 17.7. The number of quaternary nitrogens is 1. The van der Waals surface area contributed by atoms with Gasteiger partial charge in [0.05, 0.1) is 12.3 Å². The molecule has 4 aromatic rings. The Labute approximate surface area is 185 Å². The molecule has 0 aliphatic carbocycles. The first-order valence-electron chi connectivity index (χ1n) is 9.93. The third-order valence-electron chi connectivity index (χ3n) is 5.10. The standard InChI is InChI=1S/C22H22ClN6O.H3N/c1-2-3-8-20-24-21(23)19(14-30)29(20)13-15-9-11-16(12-10-15)17-6-4-5-7-18(17)22-25-27-28-26-22;/h4-7,9-12,30H,2-3,8,13-14H2,1H3;1H3/q-1;/p+1. The third-order valence-corrected chi connectivity index (χ3v) is 5.40. The summed E-state index contributed by atoms with van der Waals surface area (Å²) in [6, 6.07) is 16.2. The summed E-state index contributed by atoms with van der Waals surface area (Å²) in [5, 5.41) is 25.3. The summed E-state index contributed by atoms with van der Waals surface area (Å²) >= 11 is 6.25. The smallest absolute Gasteiger partial charge is 0.152 e. The predicted molar refractivity (Wildman–Crippen MR) is 121 cm³/mol. The van der Waals surface area contributed by atoms with E-state index in [-0.39, 0.29) is 12.8 Å². The highest BCUT2D eigenvalue weighted by molar-refractivity contribution is 6.30. The van der Waals surface area contributed by atoms with E-state index in [4.69, 9.17) is 11.6 Å². The van der Waals surface area contributed by atoms with E-state index in [1.165, 1.54) is 0 Å². The van der Waals surface area contributed by atoms with Gasteiger partial charge < -0.3 is 20.9 Å². The van der Waals surface area contributed by atoms with Gasteiger partial charge in [-0.15, -0.1) is 0 Å². The first kappa shape index (κ1) is 22.6. The SMILES string of the molecule is CCCCc1nc(Cl)c(CO)n1Cc1ccc(-c2ccccc2-c2nnn[n-]2)cc1.[NH4+]. The van der Waals surface area contributed by atoms with Gasteiger partial charge in [0.25, 0.3) is 0 Å². The summed E-state index contributed by atoms with van der Waals surface area (Å²) in [6.45, 7) is 2.62. The lowest BCUT2D eigenvalue weighted by Gasteiger charge is -2.13. The highest BCUT2D eigenvalue weighted by Crippen LogP contribution is 2.30. The maximum Gasteiger partial charge on any atom is 0.152 e. The number of hydrogen-bond acceptors (Lipinski definition) is 5. The van der Waals surface area contributed by atoms with E-state index in [1.807, 2.05) is 28.8 Å². The van der Waals surface area contributed by atoms with E-state index in [2.05, 4.69) is 56.8 Å². The molecular weight excluding hydrogens is 414 g/mol. The van der Waals surface area contributed by atoms with E-state index in [0.29, 0.717) is 23.2 Å². The van der Waals surface area contributed by atoms with Crippen molar-refractivity contribution in [3.8, 4) is 22.5 Å². The van der Waals surface area contributed by atoms with E-state index >= 15 is 0 Å². The van der Waals surface area contributed by atoms with Gasteiger partial charge in [-0.25, -0.2) is 4.98 Å². The minimum atomic E-state index is -0.134. The topological polar surface area (TPSA) is 127 Å². The molecule has 0 fully saturated rings. The predicted octanol–water partition coefficient (Wildman–Crippen LogP) is 4.27. The number of rotatable bonds is 8. The Balaban J connectivity index is 0.00000272. The van der Waals surface area contributed by atoms with Crippen LogP contribution in [-0.4, -0.2) is 30.2 Å². The van der Waals surface area contributed by atoms with Crippen LogP contribution in [0.15, 0.2) is 48.5 Å². The lowest BCUT2D eigenvalue weighted by atomic mass is 9.98. The molecule has 2 aromatic heterocycles. The number of benzene rings is 2. The number of imidazole rings is 1. The molecule has 2 heterocycles. The van der Waals surface area contributed by atoms with Crippen molar-refractivity contribution in [2.45, 2.75) is 39.3 Å². The molecule has 0 bridgehead atoms. The molecule has 0 spiro atoms. The molecule has 31 heavy (non-hydrogen) atoms. The van der Waals surface area contributed by atoms with Crippen LogP contribution in [0.3, 0.4) is 0 Å². The van der Waals surface area contributed by atoms with Gasteiger partial charge in [0.15, 0.2) is 5.15 Å². The number of halogens is 1. The minimum Gasteiger partial charge on any atom is -0.390 e. The van der Waals surface area contributed by atoms with Gasteiger partial charge in [0.1, 0.15) is 5.82 Å². The molecule has 9 heteroatoms. The van der Waals surface area contributed by atoms with Gasteiger partial charge in [0.2, 0.25) is 0 Å². The Hall–Kier alpha value is -3.07. The number of aliphatic hydroxyl groups is 1. The van der Waals surface area contributed by atoms with Crippen molar-refractivity contribution in [3.63, 3.8) is 0 Å². The largest absolute Gasteiger partial charge is 0.390 e. The molecule has 0 aliphatic heterocycles. The monoisotopic (exact) mass is 439 g/mol. The summed E-state index contributed by atoms with van der Waals surface area (Å²) in [7, 11) is 0. The Kier molecular flexibility index (Phi) is 7.51. The number of unbranched alkanes of at least 4 members (excludes halogenated alkanes) is 1. The summed E-state index contributed by atoms with van der Waals surface area (Å²) in [5.74, 6) is 1.42. The van der Waals surface area contributed by atoms with Crippen LogP contribution in [0.25, 0.3) is 22.5 Å². The first-order chi connectivity index (χ1) is 14.7. The highest BCUT2D eigenvalue weighted by Gasteiger charge is 2.15. The average molecular weight is 440 g/mol. The Morgan fingerprint density at radius 3 is 2.45 bits per heavy atom. The molecule has 0 unspecified atom stereocenters. The van der Waals surface area contributed by atoms with Crippen LogP contribution >= 0.6 is 11.6 Å². The summed E-state index contributed by atoms with van der Waals surface area (Å²) in [4.78, 5) is 4.46. The highest BCUT2D eigenvalue weighted by atomic mass is 35.5. The van der Waals surface area contributed by atoms with Crippen LogP contribution in [0.4, 0.5) is 0 Å². The number of aromatic nitrogens is 6. The summed E-state index contributed by atoms with van der Waals surface area (Å²) < 4.78 is 2.02. The van der Waals surface area contributed by atoms with Gasteiger partial charge in [0, 0.05) is 18.8 Å². The molecule has 4 rings (SSSR count). The average Bonchev–Trinajstić information content (AvgIpc) is 3.41. The van der Waals surface area contributed by atoms with Crippen LogP contribution in [-0.2, 0) is 19.6 Å². The van der Waals surface area contributed by atoms with E-state index in [1.54, 1.807) is 0 Å². The third kappa shape index (κ3) is 4.82. The molecule has 0 aliphatic rings. The quantitative estimate of drug-likeness (QED) is 0.422. The van der Waals surface area contributed by atoms with Gasteiger partial charge in [-0.05, 0) is 28.7 Å². The Morgan fingerprint density at radius 2 is 1.81 bits per heavy atom. The second kappa shape index (κ2) is 10.3. The second-order valence-electron chi connectivity index (χ2n) is 7.06. The number of tetrazole rings is 1. The van der Waals surface area contributed by atoms with Crippen molar-refractivity contribution < 1.29 is 5.11 Å². The van der Waals surface area contributed by atoms with Gasteiger partial charge in [-0.1, -0.05) is 73.5 Å². The summed E-state index contributed by atoms with van der Waals surface area (Å²) in [5.41, 5.74) is 4.72. The maximum atomic E-state index is 9.76. The van der Waals surface area contributed by atoms with E-state index < -0.39 is 0 Å². The van der Waals surface area contributed by atoms with Crippen LogP contribution < -0.4 is 11.2 Å². The molecular formula is C22H26ClN7O. The number of aryl methyl sites for hydroxylation is 1. The molecule has 8 nitrogen and oxygen atoms in total. The van der Waals surface area contributed by atoms with Gasteiger partial charge in [-0.2, -0.15) is 5.21 Å². The zero-order valence-corrected chi connectivity index (χ0v) is 18.4. The molecule has 162 valence electrons. The van der Waals surface area contributed by atoms with E-state index in [0.717, 1.165) is 47.3 Å². The van der Waals surface area contributed by atoms with Crippen molar-refractivity contribution >= 4 is 11.6 Å². The molecule has 0 saturated carbocycles. The van der Waals surface area contributed by atoms with Crippen LogP contribution in [0.1, 0.15) is 36.8 Å².